The molecule has 5 nitrogen and oxygen atoms in total. The lowest BCUT2D eigenvalue weighted by molar-refractivity contribution is -0.132. The Hall–Kier alpha value is -1.59. The molecule has 130 valence electrons. The Bertz CT molecular complexity index is 614. The van der Waals surface area contributed by atoms with Gasteiger partial charge >= 0.3 is 0 Å². The number of nitrogens with zero attached hydrogens (tertiary/aromatic N) is 2. The first-order chi connectivity index (χ1) is 11.5. The molecule has 0 aliphatic carbocycles. The van der Waals surface area contributed by atoms with E-state index in [4.69, 9.17) is 11.6 Å². The highest BCUT2D eigenvalue weighted by Crippen LogP contribution is 2.21. The van der Waals surface area contributed by atoms with Gasteiger partial charge in [-0.05, 0) is 31.4 Å². The third-order valence-electron chi connectivity index (χ3n) is 4.98. The maximum atomic E-state index is 12.6. The summed E-state index contributed by atoms with van der Waals surface area (Å²) in [7, 11) is 1.86. The van der Waals surface area contributed by atoms with Gasteiger partial charge in [0.05, 0.1) is 10.6 Å². The summed E-state index contributed by atoms with van der Waals surface area (Å²) < 4.78 is 0. The van der Waals surface area contributed by atoms with Crippen molar-refractivity contribution in [2.45, 2.75) is 37.8 Å². The largest absolute Gasteiger partial charge is 0.344 e. The van der Waals surface area contributed by atoms with E-state index in [-0.39, 0.29) is 11.8 Å². The normalized spacial score (nSPS) is 22.8. The molecule has 2 saturated heterocycles. The number of carbonyl (C=O) groups excluding carboxylic acids is 2. The van der Waals surface area contributed by atoms with Crippen LogP contribution in [0.25, 0.3) is 0 Å². The summed E-state index contributed by atoms with van der Waals surface area (Å²) in [6.45, 7) is 2.25. The highest BCUT2D eigenvalue weighted by molar-refractivity contribution is 6.33. The van der Waals surface area contributed by atoms with Gasteiger partial charge < -0.3 is 15.1 Å². The highest BCUT2D eigenvalue weighted by Gasteiger charge is 2.28. The number of benzene rings is 1. The van der Waals surface area contributed by atoms with Crippen molar-refractivity contribution >= 4 is 23.4 Å². The maximum Gasteiger partial charge on any atom is 0.255 e. The van der Waals surface area contributed by atoms with Gasteiger partial charge in [-0.15, -0.1) is 0 Å². The average molecular weight is 350 g/mol. The molecule has 0 aromatic heterocycles. The van der Waals surface area contributed by atoms with E-state index in [2.05, 4.69) is 5.32 Å². The van der Waals surface area contributed by atoms with E-state index in [1.165, 1.54) is 0 Å². The van der Waals surface area contributed by atoms with Gasteiger partial charge in [0.25, 0.3) is 5.91 Å². The van der Waals surface area contributed by atoms with E-state index in [1.54, 1.807) is 17.0 Å². The Morgan fingerprint density at radius 1 is 1.17 bits per heavy atom. The Kier molecular flexibility index (Phi) is 5.41. The van der Waals surface area contributed by atoms with Crippen LogP contribution in [0.2, 0.25) is 5.02 Å². The monoisotopic (exact) mass is 349 g/mol. The van der Waals surface area contributed by atoms with Crippen LogP contribution in [0, 0.1) is 0 Å². The summed E-state index contributed by atoms with van der Waals surface area (Å²) in [6, 6.07) is 7.99. The number of piperidine rings is 2. The first kappa shape index (κ1) is 17.2. The zero-order chi connectivity index (χ0) is 17.1. The molecule has 0 radical (unpaired) electrons. The van der Waals surface area contributed by atoms with Crippen molar-refractivity contribution in [1.82, 2.24) is 15.1 Å². The van der Waals surface area contributed by atoms with Gasteiger partial charge in [0.1, 0.15) is 0 Å². The minimum absolute atomic E-state index is 0.0158. The summed E-state index contributed by atoms with van der Waals surface area (Å²) in [5, 5.41) is 4.17. The van der Waals surface area contributed by atoms with Crippen LogP contribution < -0.4 is 5.32 Å². The van der Waals surface area contributed by atoms with Gasteiger partial charge in [-0.25, -0.2) is 0 Å². The minimum Gasteiger partial charge on any atom is -0.344 e. The van der Waals surface area contributed by atoms with E-state index in [1.807, 2.05) is 24.1 Å². The number of halogens is 1. The fraction of sp³-hybridized carbons (Fsp3) is 0.556. The molecule has 0 bridgehead atoms. The molecule has 1 N–H and O–H groups in total. The highest BCUT2D eigenvalue weighted by atomic mass is 35.5. The van der Waals surface area contributed by atoms with Gasteiger partial charge in [0.15, 0.2) is 0 Å². The Morgan fingerprint density at radius 2 is 1.88 bits per heavy atom. The number of rotatable bonds is 3. The Balaban J connectivity index is 1.50. The second-order valence-corrected chi connectivity index (χ2v) is 7.13. The van der Waals surface area contributed by atoms with Crippen molar-refractivity contribution in [3.05, 3.63) is 34.9 Å². The number of hydrogen-bond acceptors (Lipinski definition) is 3. The molecule has 6 heteroatoms. The molecular formula is C18H24ClN3O2. The van der Waals surface area contributed by atoms with Crippen LogP contribution in [-0.2, 0) is 4.79 Å². The van der Waals surface area contributed by atoms with Crippen LogP contribution >= 0.6 is 11.6 Å². The molecule has 0 spiro atoms. The van der Waals surface area contributed by atoms with Crippen LogP contribution in [0.5, 0.6) is 0 Å². The van der Waals surface area contributed by atoms with Gasteiger partial charge in [0.2, 0.25) is 5.91 Å². The maximum absolute atomic E-state index is 12.6. The predicted molar refractivity (Wildman–Crippen MR) is 94.2 cm³/mol. The average Bonchev–Trinajstić information content (AvgIpc) is 2.59. The molecule has 0 saturated carbocycles. The predicted octanol–water partition coefficient (Wildman–Crippen LogP) is 2.15. The molecule has 2 amide bonds. The van der Waals surface area contributed by atoms with Crippen LogP contribution in [0.4, 0.5) is 0 Å². The number of hydrogen-bond donors (Lipinski definition) is 1. The summed E-state index contributed by atoms with van der Waals surface area (Å²) in [5.74, 6) is 0.246. The first-order valence-corrected chi connectivity index (χ1v) is 8.96. The SMILES string of the molecule is CN1C[C@@H](NC2CCN(C(=O)c3ccccc3Cl)CC2)CCC1=O. The first-order valence-electron chi connectivity index (χ1n) is 8.58. The van der Waals surface area contributed by atoms with E-state index < -0.39 is 0 Å². The fourth-order valence-electron chi connectivity index (χ4n) is 3.54. The lowest BCUT2D eigenvalue weighted by Crippen LogP contribution is -2.53. The number of likely N-dealkylation sites (tertiary alicyclic amines) is 2. The summed E-state index contributed by atoms with van der Waals surface area (Å²) >= 11 is 6.13. The van der Waals surface area contributed by atoms with E-state index in [0.29, 0.717) is 29.1 Å². The standard InChI is InChI=1S/C18H24ClN3O2/c1-21-12-14(6-7-17(21)23)20-13-8-10-22(11-9-13)18(24)15-4-2-3-5-16(15)19/h2-5,13-14,20H,6-12H2,1H3/t14-/m0/s1. The van der Waals surface area contributed by atoms with E-state index in [0.717, 1.165) is 38.9 Å². The second-order valence-electron chi connectivity index (χ2n) is 6.72. The Morgan fingerprint density at radius 3 is 2.54 bits per heavy atom. The third kappa shape index (κ3) is 3.90. The van der Waals surface area contributed by atoms with Gasteiger partial charge in [-0.1, -0.05) is 23.7 Å². The van der Waals surface area contributed by atoms with Crippen LogP contribution in [0.3, 0.4) is 0 Å². The van der Waals surface area contributed by atoms with Crippen molar-refractivity contribution in [1.29, 1.82) is 0 Å². The smallest absolute Gasteiger partial charge is 0.255 e. The fourth-order valence-corrected chi connectivity index (χ4v) is 3.75. The molecular weight excluding hydrogens is 326 g/mol. The third-order valence-corrected chi connectivity index (χ3v) is 5.31. The van der Waals surface area contributed by atoms with E-state index >= 15 is 0 Å². The number of likely N-dealkylation sites (N-methyl/N-ethyl adjacent to an activating group) is 1. The topological polar surface area (TPSA) is 52.6 Å². The van der Waals surface area contributed by atoms with Crippen LogP contribution in [0.15, 0.2) is 24.3 Å². The molecule has 0 unspecified atom stereocenters. The molecule has 3 rings (SSSR count). The molecule has 1 aromatic rings. The van der Waals surface area contributed by atoms with E-state index in [9.17, 15) is 9.59 Å². The molecule has 2 aliphatic heterocycles. The zero-order valence-corrected chi connectivity index (χ0v) is 14.8. The number of amides is 2. The number of carbonyl (C=O) groups is 2. The van der Waals surface area contributed by atoms with Crippen molar-refractivity contribution in [3.8, 4) is 0 Å². The summed E-state index contributed by atoms with van der Waals surface area (Å²) in [6.07, 6.45) is 3.40. The molecule has 1 aromatic carbocycles. The summed E-state index contributed by atoms with van der Waals surface area (Å²) in [5.41, 5.74) is 0.581. The van der Waals surface area contributed by atoms with Gasteiger partial charge in [-0.3, -0.25) is 9.59 Å². The Labute approximate surface area is 147 Å². The molecule has 1 atom stereocenters. The van der Waals surface area contributed by atoms with Crippen LogP contribution in [0.1, 0.15) is 36.0 Å². The van der Waals surface area contributed by atoms with Crippen molar-refractivity contribution in [3.63, 3.8) is 0 Å². The molecule has 2 heterocycles. The summed E-state index contributed by atoms with van der Waals surface area (Å²) in [4.78, 5) is 27.8. The van der Waals surface area contributed by atoms with Crippen molar-refractivity contribution in [2.24, 2.45) is 0 Å². The lowest BCUT2D eigenvalue weighted by atomic mass is 9.99. The minimum atomic E-state index is 0.0158. The van der Waals surface area contributed by atoms with Crippen molar-refractivity contribution in [2.75, 3.05) is 26.7 Å². The van der Waals surface area contributed by atoms with Gasteiger partial charge in [0, 0.05) is 45.2 Å². The quantitative estimate of drug-likeness (QED) is 0.909. The molecule has 24 heavy (non-hydrogen) atoms. The number of nitrogens with one attached hydrogen (secondary N) is 1. The molecule has 2 aliphatic rings. The zero-order valence-electron chi connectivity index (χ0n) is 14.0. The molecule has 2 fully saturated rings. The van der Waals surface area contributed by atoms with Gasteiger partial charge in [-0.2, -0.15) is 0 Å². The lowest BCUT2D eigenvalue weighted by Gasteiger charge is -2.37. The second kappa shape index (κ2) is 7.53. The van der Waals surface area contributed by atoms with Crippen molar-refractivity contribution < 1.29 is 9.59 Å². The van der Waals surface area contributed by atoms with Crippen LogP contribution in [-0.4, -0.2) is 60.4 Å².